The maximum Gasteiger partial charge on any atom is 0.227 e. The van der Waals surface area contributed by atoms with Crippen molar-refractivity contribution in [1.29, 1.82) is 0 Å². The molecule has 1 aromatic heterocycles. The van der Waals surface area contributed by atoms with E-state index in [2.05, 4.69) is 15.6 Å². The molecule has 0 aliphatic heterocycles. The molecule has 31 heavy (non-hydrogen) atoms. The number of rotatable bonds is 6. The minimum atomic E-state index is -0.118. The van der Waals surface area contributed by atoms with Gasteiger partial charge < -0.3 is 16.4 Å². The molecule has 164 valence electrons. The van der Waals surface area contributed by atoms with Gasteiger partial charge in [0.05, 0.1) is 5.92 Å². The molecule has 6 nitrogen and oxygen atoms in total. The summed E-state index contributed by atoms with van der Waals surface area (Å²) in [5.74, 6) is 0.313. The van der Waals surface area contributed by atoms with Crippen LogP contribution < -0.4 is 16.4 Å². The first-order chi connectivity index (χ1) is 15.0. The zero-order valence-electron chi connectivity index (χ0n) is 17.5. The molecule has 0 radical (unpaired) electrons. The van der Waals surface area contributed by atoms with E-state index in [1.165, 1.54) is 5.56 Å². The molecule has 2 amide bonds. The van der Waals surface area contributed by atoms with Gasteiger partial charge in [0, 0.05) is 41.6 Å². The molecule has 2 unspecified atom stereocenters. The van der Waals surface area contributed by atoms with Crippen LogP contribution in [0, 0.1) is 11.8 Å². The summed E-state index contributed by atoms with van der Waals surface area (Å²) in [5, 5.41) is 6.74. The third-order valence-corrected chi connectivity index (χ3v) is 6.94. The number of amides is 2. The Hall–Kier alpha value is -2.44. The maximum atomic E-state index is 12.7. The van der Waals surface area contributed by atoms with Gasteiger partial charge in [-0.1, -0.05) is 17.7 Å². The maximum absolute atomic E-state index is 12.7. The SMILES string of the molecule is NC(CNC(=O)C1CCc2cc(Cl)ccc21)C1CCC(C(=O)Nc2ccncc2)CC1. The molecule has 0 saturated heterocycles. The first kappa shape index (κ1) is 21.8. The van der Waals surface area contributed by atoms with Crippen LogP contribution in [0.5, 0.6) is 0 Å². The Morgan fingerprint density at radius 2 is 1.81 bits per heavy atom. The lowest BCUT2D eigenvalue weighted by molar-refractivity contribution is -0.122. The average molecular weight is 441 g/mol. The molecule has 1 heterocycles. The summed E-state index contributed by atoms with van der Waals surface area (Å²) >= 11 is 6.06. The fourth-order valence-corrected chi connectivity index (χ4v) is 5.05. The summed E-state index contributed by atoms with van der Waals surface area (Å²) in [6.45, 7) is 0.469. The molecule has 2 aliphatic carbocycles. The third-order valence-electron chi connectivity index (χ3n) is 6.71. The second-order valence-electron chi connectivity index (χ2n) is 8.68. The molecular formula is C24H29ClN4O2. The number of nitrogens with two attached hydrogens (primary N) is 1. The van der Waals surface area contributed by atoms with Gasteiger partial charge in [-0.3, -0.25) is 14.6 Å². The number of aryl methyl sites for hydroxylation is 1. The highest BCUT2D eigenvalue weighted by molar-refractivity contribution is 6.30. The lowest BCUT2D eigenvalue weighted by atomic mass is 9.78. The van der Waals surface area contributed by atoms with Crippen LogP contribution >= 0.6 is 11.6 Å². The largest absolute Gasteiger partial charge is 0.354 e. The normalized spacial score (nSPS) is 23.6. The van der Waals surface area contributed by atoms with Crippen LogP contribution in [0.4, 0.5) is 5.69 Å². The number of nitrogens with zero attached hydrogens (tertiary/aromatic N) is 1. The van der Waals surface area contributed by atoms with Crippen molar-refractivity contribution in [2.75, 3.05) is 11.9 Å². The number of carbonyl (C=O) groups is 2. The predicted molar refractivity (Wildman–Crippen MR) is 122 cm³/mol. The van der Waals surface area contributed by atoms with Gasteiger partial charge >= 0.3 is 0 Å². The molecule has 2 aromatic rings. The highest BCUT2D eigenvalue weighted by atomic mass is 35.5. The molecule has 4 N–H and O–H groups in total. The number of hydrogen-bond donors (Lipinski definition) is 3. The number of aromatic nitrogens is 1. The number of nitrogens with one attached hydrogen (secondary N) is 2. The van der Waals surface area contributed by atoms with Gasteiger partial charge in [0.25, 0.3) is 0 Å². The van der Waals surface area contributed by atoms with E-state index in [9.17, 15) is 9.59 Å². The fraction of sp³-hybridized carbons (Fsp3) is 0.458. The molecule has 1 aromatic carbocycles. The lowest BCUT2D eigenvalue weighted by Crippen LogP contribution is -2.44. The Kier molecular flexibility index (Phi) is 6.88. The zero-order chi connectivity index (χ0) is 21.8. The Morgan fingerprint density at radius 1 is 1.06 bits per heavy atom. The number of carbonyl (C=O) groups excluding carboxylic acids is 2. The monoisotopic (exact) mass is 440 g/mol. The van der Waals surface area contributed by atoms with Gasteiger partial charge in [-0.15, -0.1) is 0 Å². The predicted octanol–water partition coefficient (Wildman–Crippen LogP) is 3.65. The van der Waals surface area contributed by atoms with Gasteiger partial charge in [-0.2, -0.15) is 0 Å². The summed E-state index contributed by atoms with van der Waals surface area (Å²) in [5.41, 5.74) is 9.44. The Balaban J connectivity index is 1.22. The van der Waals surface area contributed by atoms with Crippen molar-refractivity contribution in [1.82, 2.24) is 10.3 Å². The van der Waals surface area contributed by atoms with Crippen molar-refractivity contribution < 1.29 is 9.59 Å². The van der Waals surface area contributed by atoms with Gasteiger partial charge in [0.1, 0.15) is 0 Å². The van der Waals surface area contributed by atoms with Crippen molar-refractivity contribution in [3.8, 4) is 0 Å². The molecule has 2 atom stereocenters. The second kappa shape index (κ2) is 9.79. The summed E-state index contributed by atoms with van der Waals surface area (Å²) in [4.78, 5) is 29.2. The van der Waals surface area contributed by atoms with Crippen molar-refractivity contribution >= 4 is 29.1 Å². The molecule has 0 spiro atoms. The van der Waals surface area contributed by atoms with E-state index in [0.717, 1.165) is 49.8 Å². The van der Waals surface area contributed by atoms with Crippen molar-refractivity contribution in [3.05, 3.63) is 58.9 Å². The summed E-state index contributed by atoms with van der Waals surface area (Å²) in [6, 6.07) is 9.26. The summed E-state index contributed by atoms with van der Waals surface area (Å²) in [7, 11) is 0. The average Bonchev–Trinajstić information content (AvgIpc) is 3.21. The number of benzene rings is 1. The highest BCUT2D eigenvalue weighted by Crippen LogP contribution is 2.35. The lowest BCUT2D eigenvalue weighted by Gasteiger charge is -2.31. The van der Waals surface area contributed by atoms with Crippen LogP contribution in [-0.4, -0.2) is 29.4 Å². The van der Waals surface area contributed by atoms with E-state index in [1.807, 2.05) is 18.2 Å². The quantitative estimate of drug-likeness (QED) is 0.638. The Labute approximate surface area is 188 Å². The standard InChI is InChI=1S/C24H29ClN4O2/c25-18-6-8-20-17(13-18)5-7-21(20)24(31)28-14-22(26)15-1-3-16(4-2-15)23(30)29-19-9-11-27-12-10-19/h6,8-13,15-16,21-22H,1-5,7,14,26H2,(H,28,31)(H,27,29,30). The molecule has 1 fully saturated rings. The zero-order valence-corrected chi connectivity index (χ0v) is 18.3. The van der Waals surface area contributed by atoms with Crippen molar-refractivity contribution in [3.63, 3.8) is 0 Å². The minimum absolute atomic E-state index is 0.00743. The van der Waals surface area contributed by atoms with Crippen LogP contribution in [0.1, 0.15) is 49.1 Å². The van der Waals surface area contributed by atoms with E-state index in [-0.39, 0.29) is 29.7 Å². The van der Waals surface area contributed by atoms with Crippen LogP contribution in [-0.2, 0) is 16.0 Å². The first-order valence-corrected chi connectivity index (χ1v) is 11.4. The second-order valence-corrected chi connectivity index (χ2v) is 9.12. The van der Waals surface area contributed by atoms with Crippen LogP contribution in [0.15, 0.2) is 42.7 Å². The van der Waals surface area contributed by atoms with Gasteiger partial charge in [-0.05, 0) is 79.8 Å². The van der Waals surface area contributed by atoms with E-state index in [1.54, 1.807) is 24.5 Å². The van der Waals surface area contributed by atoms with Gasteiger partial charge in [0.2, 0.25) is 11.8 Å². The molecule has 1 saturated carbocycles. The smallest absolute Gasteiger partial charge is 0.227 e. The third kappa shape index (κ3) is 5.25. The molecule has 0 bridgehead atoms. The number of hydrogen-bond acceptors (Lipinski definition) is 4. The topological polar surface area (TPSA) is 97.1 Å². The van der Waals surface area contributed by atoms with Crippen LogP contribution in [0.3, 0.4) is 0 Å². The highest BCUT2D eigenvalue weighted by Gasteiger charge is 2.31. The molecule has 2 aliphatic rings. The van der Waals surface area contributed by atoms with Gasteiger partial charge in [0.15, 0.2) is 0 Å². The van der Waals surface area contributed by atoms with E-state index >= 15 is 0 Å². The van der Waals surface area contributed by atoms with Crippen molar-refractivity contribution in [2.45, 2.75) is 50.5 Å². The molecular weight excluding hydrogens is 412 g/mol. The summed E-state index contributed by atoms with van der Waals surface area (Å²) < 4.78 is 0. The Bertz CT molecular complexity index is 928. The first-order valence-electron chi connectivity index (χ1n) is 11.0. The Morgan fingerprint density at radius 3 is 2.55 bits per heavy atom. The minimum Gasteiger partial charge on any atom is -0.354 e. The molecule has 4 rings (SSSR count). The van der Waals surface area contributed by atoms with E-state index in [0.29, 0.717) is 17.5 Å². The van der Waals surface area contributed by atoms with E-state index < -0.39 is 0 Å². The number of pyridine rings is 1. The summed E-state index contributed by atoms with van der Waals surface area (Å²) in [6.07, 6.45) is 8.46. The van der Waals surface area contributed by atoms with Gasteiger partial charge in [-0.25, -0.2) is 0 Å². The van der Waals surface area contributed by atoms with Crippen molar-refractivity contribution in [2.24, 2.45) is 17.6 Å². The van der Waals surface area contributed by atoms with Crippen LogP contribution in [0.25, 0.3) is 0 Å². The molecule has 7 heteroatoms. The van der Waals surface area contributed by atoms with Crippen LogP contribution in [0.2, 0.25) is 5.02 Å². The number of fused-ring (bicyclic) bond motifs is 1. The number of halogens is 1. The fourth-order valence-electron chi connectivity index (χ4n) is 4.86. The number of anilines is 1. The van der Waals surface area contributed by atoms with E-state index in [4.69, 9.17) is 17.3 Å².